The molecule has 0 bridgehead atoms. The molecule has 80 valence electrons. The highest BCUT2D eigenvalue weighted by Crippen LogP contribution is 2.08. The maximum atomic E-state index is 10.8. The van der Waals surface area contributed by atoms with E-state index in [0.717, 1.165) is 11.1 Å². The van der Waals surface area contributed by atoms with E-state index in [1.807, 2.05) is 31.2 Å². The second-order valence-corrected chi connectivity index (χ2v) is 3.13. The summed E-state index contributed by atoms with van der Waals surface area (Å²) in [7, 11) is 1.33. The van der Waals surface area contributed by atoms with Crippen molar-refractivity contribution in [3.63, 3.8) is 0 Å². The van der Waals surface area contributed by atoms with Gasteiger partial charge in [-0.05, 0) is 18.1 Å². The van der Waals surface area contributed by atoms with Gasteiger partial charge in [0.05, 0.1) is 0 Å². The number of aliphatic carboxylic acids is 1. The van der Waals surface area contributed by atoms with Crippen molar-refractivity contribution in [2.24, 2.45) is 5.16 Å². The summed E-state index contributed by atoms with van der Waals surface area (Å²) in [6.07, 6.45) is 0.274. The topological polar surface area (TPSA) is 58.9 Å². The Labute approximate surface area is 88.2 Å². The fourth-order valence-corrected chi connectivity index (χ4v) is 1.25. The smallest absolute Gasteiger partial charge is 0.354 e. The van der Waals surface area contributed by atoms with Gasteiger partial charge in [0, 0.05) is 6.42 Å². The molecule has 0 spiro atoms. The largest absolute Gasteiger partial charge is 0.477 e. The third kappa shape index (κ3) is 3.09. The second kappa shape index (κ2) is 5.14. The van der Waals surface area contributed by atoms with Crippen LogP contribution in [0.4, 0.5) is 0 Å². The number of nitrogens with zero attached hydrogens (tertiary/aromatic N) is 1. The lowest BCUT2D eigenvalue weighted by Crippen LogP contribution is -2.16. The molecule has 1 N–H and O–H groups in total. The van der Waals surface area contributed by atoms with Crippen LogP contribution in [-0.2, 0) is 16.1 Å². The minimum absolute atomic E-state index is 0.00630. The standard InChI is InChI=1S/C11H13NO3/c1-8-5-3-4-6-9(8)7-10(11(13)14)12-15-2/h3-6H,7H2,1-2H3,(H,13,14)/b12-10+. The Morgan fingerprint density at radius 1 is 1.47 bits per heavy atom. The molecule has 15 heavy (non-hydrogen) atoms. The molecule has 0 aliphatic heterocycles. The number of oxime groups is 1. The zero-order chi connectivity index (χ0) is 11.3. The summed E-state index contributed by atoms with van der Waals surface area (Å²) in [5.41, 5.74) is 1.99. The van der Waals surface area contributed by atoms with Crippen LogP contribution in [0, 0.1) is 6.92 Å². The van der Waals surface area contributed by atoms with Crippen molar-refractivity contribution in [1.29, 1.82) is 0 Å². The molecule has 4 nitrogen and oxygen atoms in total. The van der Waals surface area contributed by atoms with Crippen LogP contribution in [0.1, 0.15) is 11.1 Å². The van der Waals surface area contributed by atoms with Gasteiger partial charge in [-0.2, -0.15) is 0 Å². The summed E-state index contributed by atoms with van der Waals surface area (Å²) < 4.78 is 0. The first-order chi connectivity index (χ1) is 7.15. The van der Waals surface area contributed by atoms with E-state index in [2.05, 4.69) is 9.99 Å². The van der Waals surface area contributed by atoms with Crippen molar-refractivity contribution in [3.05, 3.63) is 35.4 Å². The Morgan fingerprint density at radius 3 is 2.67 bits per heavy atom. The number of hydrogen-bond donors (Lipinski definition) is 1. The van der Waals surface area contributed by atoms with Gasteiger partial charge in [0.1, 0.15) is 7.11 Å². The monoisotopic (exact) mass is 207 g/mol. The number of carbonyl (C=O) groups is 1. The van der Waals surface area contributed by atoms with Gasteiger partial charge in [-0.1, -0.05) is 29.4 Å². The second-order valence-electron chi connectivity index (χ2n) is 3.13. The maximum absolute atomic E-state index is 10.8. The van der Waals surface area contributed by atoms with E-state index in [1.54, 1.807) is 0 Å². The predicted octanol–water partition coefficient (Wildman–Crippen LogP) is 1.62. The van der Waals surface area contributed by atoms with Crippen LogP contribution in [0.2, 0.25) is 0 Å². The van der Waals surface area contributed by atoms with Gasteiger partial charge < -0.3 is 9.94 Å². The fourth-order valence-electron chi connectivity index (χ4n) is 1.25. The highest BCUT2D eigenvalue weighted by Gasteiger charge is 2.12. The van der Waals surface area contributed by atoms with E-state index in [1.165, 1.54) is 7.11 Å². The van der Waals surface area contributed by atoms with Crippen LogP contribution in [0.3, 0.4) is 0 Å². The molecular weight excluding hydrogens is 194 g/mol. The van der Waals surface area contributed by atoms with Gasteiger partial charge in [-0.25, -0.2) is 4.79 Å². The summed E-state index contributed by atoms with van der Waals surface area (Å²) in [6, 6.07) is 7.59. The van der Waals surface area contributed by atoms with Crippen LogP contribution in [-0.4, -0.2) is 23.9 Å². The van der Waals surface area contributed by atoms with Crippen molar-refractivity contribution < 1.29 is 14.7 Å². The average Bonchev–Trinajstić information content (AvgIpc) is 2.20. The molecule has 0 radical (unpaired) electrons. The molecule has 0 unspecified atom stereocenters. The number of carboxylic acids is 1. The van der Waals surface area contributed by atoms with Crippen molar-refractivity contribution in [2.75, 3.05) is 7.11 Å². The van der Waals surface area contributed by atoms with Gasteiger partial charge in [0.15, 0.2) is 5.71 Å². The lowest BCUT2D eigenvalue weighted by Gasteiger charge is -2.04. The first kappa shape index (κ1) is 11.2. The van der Waals surface area contributed by atoms with Gasteiger partial charge in [0.25, 0.3) is 0 Å². The van der Waals surface area contributed by atoms with E-state index >= 15 is 0 Å². The highest BCUT2D eigenvalue weighted by molar-refractivity contribution is 6.35. The third-order valence-corrected chi connectivity index (χ3v) is 2.07. The van der Waals surface area contributed by atoms with Gasteiger partial charge in [-0.3, -0.25) is 0 Å². The zero-order valence-electron chi connectivity index (χ0n) is 8.73. The quantitative estimate of drug-likeness (QED) is 0.603. The van der Waals surface area contributed by atoms with Crippen LogP contribution in [0.25, 0.3) is 0 Å². The van der Waals surface area contributed by atoms with Gasteiger partial charge in [-0.15, -0.1) is 0 Å². The van der Waals surface area contributed by atoms with E-state index in [-0.39, 0.29) is 12.1 Å². The highest BCUT2D eigenvalue weighted by atomic mass is 16.6. The Hall–Kier alpha value is -1.84. The Kier molecular flexibility index (Phi) is 3.85. The molecule has 0 atom stereocenters. The minimum Gasteiger partial charge on any atom is -0.477 e. The molecular formula is C11H13NO3. The summed E-state index contributed by atoms with van der Waals surface area (Å²) in [5.74, 6) is -1.06. The summed E-state index contributed by atoms with van der Waals surface area (Å²) in [4.78, 5) is 15.3. The van der Waals surface area contributed by atoms with E-state index in [9.17, 15) is 4.79 Å². The molecule has 0 saturated carbocycles. The van der Waals surface area contributed by atoms with Crippen LogP contribution in [0.5, 0.6) is 0 Å². The molecule has 4 heteroatoms. The number of carboxylic acid groups (broad SMARTS) is 1. The van der Waals surface area contributed by atoms with Crippen molar-refractivity contribution in [3.8, 4) is 0 Å². The number of hydrogen-bond acceptors (Lipinski definition) is 3. The van der Waals surface area contributed by atoms with Crippen molar-refractivity contribution in [2.45, 2.75) is 13.3 Å². The van der Waals surface area contributed by atoms with E-state index < -0.39 is 5.97 Å². The summed E-state index contributed by atoms with van der Waals surface area (Å²) in [6.45, 7) is 1.93. The SMILES string of the molecule is CO/N=C(\Cc1ccccc1C)C(=O)O. The summed E-state index contributed by atoms with van der Waals surface area (Å²) in [5, 5.41) is 12.3. The lowest BCUT2D eigenvalue weighted by atomic mass is 10.0. The number of rotatable bonds is 4. The Bertz CT molecular complexity index is 385. The molecule has 0 aliphatic carbocycles. The maximum Gasteiger partial charge on any atom is 0.354 e. The van der Waals surface area contributed by atoms with Crippen LogP contribution < -0.4 is 0 Å². The molecule has 0 saturated heterocycles. The molecule has 1 rings (SSSR count). The first-order valence-corrected chi connectivity index (χ1v) is 4.53. The fraction of sp³-hybridized carbons (Fsp3) is 0.273. The lowest BCUT2D eigenvalue weighted by molar-refractivity contribution is -0.129. The summed E-state index contributed by atoms with van der Waals surface area (Å²) >= 11 is 0. The molecule has 1 aromatic carbocycles. The van der Waals surface area contributed by atoms with Gasteiger partial charge in [0.2, 0.25) is 0 Å². The van der Waals surface area contributed by atoms with Crippen molar-refractivity contribution in [1.82, 2.24) is 0 Å². The predicted molar refractivity (Wildman–Crippen MR) is 57.0 cm³/mol. The number of aryl methyl sites for hydroxylation is 1. The Morgan fingerprint density at radius 2 is 2.13 bits per heavy atom. The normalized spacial score (nSPS) is 11.2. The zero-order valence-corrected chi connectivity index (χ0v) is 8.73. The minimum atomic E-state index is -1.06. The number of benzene rings is 1. The molecule has 0 amide bonds. The molecule has 0 heterocycles. The molecule has 0 aliphatic rings. The van der Waals surface area contributed by atoms with E-state index in [4.69, 9.17) is 5.11 Å². The molecule has 1 aromatic rings. The third-order valence-electron chi connectivity index (χ3n) is 2.07. The molecule has 0 aromatic heterocycles. The van der Waals surface area contributed by atoms with Crippen LogP contribution >= 0.6 is 0 Å². The molecule has 0 fully saturated rings. The average molecular weight is 207 g/mol. The van der Waals surface area contributed by atoms with Gasteiger partial charge >= 0.3 is 5.97 Å². The Balaban J connectivity index is 2.89. The van der Waals surface area contributed by atoms with E-state index in [0.29, 0.717) is 0 Å². The van der Waals surface area contributed by atoms with Crippen LogP contribution in [0.15, 0.2) is 29.4 Å². The van der Waals surface area contributed by atoms with Crippen molar-refractivity contribution >= 4 is 11.7 Å². The first-order valence-electron chi connectivity index (χ1n) is 4.53.